The number of hydrogen-bond donors (Lipinski definition) is 1. The normalized spacial score (nSPS) is 24.0. The number of benzene rings is 2. The summed E-state index contributed by atoms with van der Waals surface area (Å²) in [5, 5.41) is 11.3. The number of Topliss-reactive ketones (excluding diaryl/α,β-unsaturated/α-hetero) is 1. The number of carbonyl (C=O) groups is 2. The SMILES string of the molecule is COc1cc2c(cc1C)C(=O)C(CC1(O)C(=O)N(C)c3ccccc31)CC2. The Labute approximate surface area is 158 Å². The van der Waals surface area contributed by atoms with Crippen LogP contribution in [0.2, 0.25) is 0 Å². The number of para-hydroxylation sites is 1. The topological polar surface area (TPSA) is 66.8 Å². The standard InChI is InChI=1S/C22H23NO4/c1-13-10-16-14(11-19(13)27-3)8-9-15(20(16)24)12-22(26)17-6-4-5-7-18(17)23(2)21(22)25/h4-7,10-11,15,26H,8-9,12H2,1-3H3. The minimum Gasteiger partial charge on any atom is -0.496 e. The van der Waals surface area contributed by atoms with Crippen LogP contribution < -0.4 is 9.64 Å². The first-order chi connectivity index (χ1) is 12.9. The number of ketones is 1. The Morgan fingerprint density at radius 3 is 2.74 bits per heavy atom. The molecule has 2 aliphatic rings. The number of methoxy groups -OCH3 is 1. The highest BCUT2D eigenvalue weighted by Gasteiger charge is 2.50. The number of amides is 1. The zero-order valence-corrected chi connectivity index (χ0v) is 15.8. The molecule has 2 aromatic carbocycles. The average molecular weight is 365 g/mol. The van der Waals surface area contributed by atoms with Gasteiger partial charge in [0.15, 0.2) is 11.4 Å². The van der Waals surface area contributed by atoms with Crippen LogP contribution in [0.1, 0.15) is 39.9 Å². The minimum absolute atomic E-state index is 0.00439. The Balaban J connectivity index is 1.67. The third kappa shape index (κ3) is 2.57. The average Bonchev–Trinajstić information content (AvgIpc) is 2.86. The summed E-state index contributed by atoms with van der Waals surface area (Å²) in [4.78, 5) is 27.4. The Morgan fingerprint density at radius 2 is 2.00 bits per heavy atom. The van der Waals surface area contributed by atoms with E-state index in [1.165, 1.54) is 4.90 Å². The number of carbonyl (C=O) groups excluding carboxylic acids is 2. The quantitative estimate of drug-likeness (QED) is 0.908. The fourth-order valence-corrected chi connectivity index (χ4v) is 4.43. The van der Waals surface area contributed by atoms with Crippen molar-refractivity contribution in [3.05, 3.63) is 58.7 Å². The summed E-state index contributed by atoms with van der Waals surface area (Å²) in [5.41, 5.74) is 2.20. The van der Waals surface area contributed by atoms with Gasteiger partial charge < -0.3 is 14.7 Å². The molecule has 0 spiro atoms. The van der Waals surface area contributed by atoms with E-state index < -0.39 is 5.60 Å². The molecule has 2 aromatic rings. The van der Waals surface area contributed by atoms with Gasteiger partial charge in [-0.15, -0.1) is 0 Å². The van der Waals surface area contributed by atoms with Crippen LogP contribution in [0.15, 0.2) is 36.4 Å². The van der Waals surface area contributed by atoms with E-state index in [2.05, 4.69) is 0 Å². The summed E-state index contributed by atoms with van der Waals surface area (Å²) in [6, 6.07) is 11.0. The van der Waals surface area contributed by atoms with E-state index in [4.69, 9.17) is 4.74 Å². The third-order valence-electron chi connectivity index (χ3n) is 5.93. The van der Waals surface area contributed by atoms with Crippen LogP contribution >= 0.6 is 0 Å². The predicted octanol–water partition coefficient (Wildman–Crippen LogP) is 3.00. The second-order valence-electron chi connectivity index (χ2n) is 7.52. The Morgan fingerprint density at radius 1 is 1.26 bits per heavy atom. The lowest BCUT2D eigenvalue weighted by Crippen LogP contribution is -2.42. The fraction of sp³-hybridized carbons (Fsp3) is 0.364. The first kappa shape index (κ1) is 17.7. The van der Waals surface area contributed by atoms with Crippen molar-refractivity contribution in [2.75, 3.05) is 19.1 Å². The lowest BCUT2D eigenvalue weighted by molar-refractivity contribution is -0.137. The van der Waals surface area contributed by atoms with Gasteiger partial charge in [-0.05, 0) is 55.5 Å². The highest BCUT2D eigenvalue weighted by molar-refractivity contribution is 6.07. The lowest BCUT2D eigenvalue weighted by Gasteiger charge is -2.30. The summed E-state index contributed by atoms with van der Waals surface area (Å²) in [7, 11) is 3.28. The van der Waals surface area contributed by atoms with Crippen LogP contribution in [-0.4, -0.2) is 31.0 Å². The molecule has 5 heteroatoms. The molecule has 27 heavy (non-hydrogen) atoms. The van der Waals surface area contributed by atoms with Crippen molar-refractivity contribution in [3.63, 3.8) is 0 Å². The molecule has 0 aromatic heterocycles. The van der Waals surface area contributed by atoms with Crippen LogP contribution in [0, 0.1) is 12.8 Å². The summed E-state index contributed by atoms with van der Waals surface area (Å²) in [5.74, 6) is 0.0161. The summed E-state index contributed by atoms with van der Waals surface area (Å²) >= 11 is 0. The molecule has 2 unspecified atom stereocenters. The number of hydrogen-bond acceptors (Lipinski definition) is 4. The van der Waals surface area contributed by atoms with Crippen LogP contribution in [0.4, 0.5) is 5.69 Å². The molecule has 0 bridgehead atoms. The second kappa shape index (κ2) is 6.20. The van der Waals surface area contributed by atoms with Gasteiger partial charge in [0.25, 0.3) is 5.91 Å². The number of likely N-dealkylation sites (N-methyl/N-ethyl adjacent to an activating group) is 1. The fourth-order valence-electron chi connectivity index (χ4n) is 4.43. The molecule has 1 aliphatic heterocycles. The van der Waals surface area contributed by atoms with Crippen molar-refractivity contribution in [1.29, 1.82) is 0 Å². The second-order valence-corrected chi connectivity index (χ2v) is 7.52. The van der Waals surface area contributed by atoms with Crippen molar-refractivity contribution in [2.24, 2.45) is 5.92 Å². The molecule has 1 N–H and O–H groups in total. The zero-order valence-electron chi connectivity index (χ0n) is 15.8. The van der Waals surface area contributed by atoms with Gasteiger partial charge in [-0.2, -0.15) is 0 Å². The van der Waals surface area contributed by atoms with Crippen LogP contribution in [0.5, 0.6) is 5.75 Å². The van der Waals surface area contributed by atoms with E-state index in [1.807, 2.05) is 37.3 Å². The minimum atomic E-state index is -1.65. The highest BCUT2D eigenvalue weighted by Crippen LogP contribution is 2.45. The monoisotopic (exact) mass is 365 g/mol. The van der Waals surface area contributed by atoms with E-state index in [-0.39, 0.29) is 24.0 Å². The van der Waals surface area contributed by atoms with Crippen LogP contribution in [-0.2, 0) is 16.8 Å². The summed E-state index contributed by atoms with van der Waals surface area (Å²) in [6.07, 6.45) is 1.44. The van der Waals surface area contributed by atoms with E-state index in [0.717, 1.165) is 23.3 Å². The van der Waals surface area contributed by atoms with Crippen molar-refractivity contribution >= 4 is 17.4 Å². The van der Waals surface area contributed by atoms with Gasteiger partial charge in [0, 0.05) is 24.1 Å². The van der Waals surface area contributed by atoms with Crippen molar-refractivity contribution in [3.8, 4) is 5.75 Å². The van der Waals surface area contributed by atoms with Gasteiger partial charge in [0.1, 0.15) is 5.75 Å². The smallest absolute Gasteiger partial charge is 0.263 e. The predicted molar refractivity (Wildman–Crippen MR) is 102 cm³/mol. The maximum atomic E-state index is 13.1. The molecule has 0 saturated heterocycles. The molecule has 4 rings (SSSR count). The number of nitrogens with zero attached hydrogens (tertiary/aromatic N) is 1. The van der Waals surface area contributed by atoms with Gasteiger partial charge in [0.2, 0.25) is 0 Å². The summed E-state index contributed by atoms with van der Waals surface area (Å²) < 4.78 is 5.36. The molecule has 0 fully saturated rings. The first-order valence-electron chi connectivity index (χ1n) is 9.18. The largest absolute Gasteiger partial charge is 0.496 e. The highest BCUT2D eigenvalue weighted by atomic mass is 16.5. The van der Waals surface area contributed by atoms with Crippen molar-refractivity contribution < 1.29 is 19.4 Å². The molecule has 2 atom stereocenters. The number of aryl methyl sites for hydroxylation is 2. The molecule has 140 valence electrons. The maximum absolute atomic E-state index is 13.1. The van der Waals surface area contributed by atoms with Gasteiger partial charge in [-0.3, -0.25) is 9.59 Å². The van der Waals surface area contributed by atoms with Crippen molar-refractivity contribution in [1.82, 2.24) is 0 Å². The molecular weight excluding hydrogens is 342 g/mol. The van der Waals surface area contributed by atoms with E-state index in [0.29, 0.717) is 23.2 Å². The van der Waals surface area contributed by atoms with Gasteiger partial charge in [-0.1, -0.05) is 18.2 Å². The number of anilines is 1. The number of aliphatic hydroxyl groups is 1. The van der Waals surface area contributed by atoms with Crippen molar-refractivity contribution in [2.45, 2.75) is 31.8 Å². The first-order valence-corrected chi connectivity index (χ1v) is 9.18. The number of fused-ring (bicyclic) bond motifs is 2. The molecule has 1 heterocycles. The van der Waals surface area contributed by atoms with E-state index >= 15 is 0 Å². The Bertz CT molecular complexity index is 951. The molecule has 1 amide bonds. The molecule has 5 nitrogen and oxygen atoms in total. The zero-order chi connectivity index (χ0) is 19.3. The summed E-state index contributed by atoms with van der Waals surface area (Å²) in [6.45, 7) is 1.91. The molecule has 0 radical (unpaired) electrons. The Kier molecular flexibility index (Phi) is 4.07. The molecule has 1 aliphatic carbocycles. The van der Waals surface area contributed by atoms with Gasteiger partial charge in [0.05, 0.1) is 12.8 Å². The lowest BCUT2D eigenvalue weighted by atomic mass is 9.75. The molecular formula is C22H23NO4. The van der Waals surface area contributed by atoms with Gasteiger partial charge in [-0.25, -0.2) is 0 Å². The number of rotatable bonds is 3. The van der Waals surface area contributed by atoms with Gasteiger partial charge >= 0.3 is 0 Å². The third-order valence-corrected chi connectivity index (χ3v) is 5.93. The van der Waals surface area contributed by atoms with Crippen LogP contribution in [0.3, 0.4) is 0 Å². The Hall–Kier alpha value is -2.66. The van der Waals surface area contributed by atoms with E-state index in [9.17, 15) is 14.7 Å². The van der Waals surface area contributed by atoms with E-state index in [1.54, 1.807) is 20.2 Å². The molecule has 0 saturated carbocycles. The van der Waals surface area contributed by atoms with Crippen LogP contribution in [0.25, 0.3) is 0 Å². The maximum Gasteiger partial charge on any atom is 0.263 e. The number of ether oxygens (including phenoxy) is 1.